The summed E-state index contributed by atoms with van der Waals surface area (Å²) in [6, 6.07) is 13.4. The van der Waals surface area contributed by atoms with E-state index in [0.717, 1.165) is 16.8 Å². The predicted molar refractivity (Wildman–Crippen MR) is 91.8 cm³/mol. The zero-order chi connectivity index (χ0) is 17.8. The zero-order valence-electron chi connectivity index (χ0n) is 14.0. The van der Waals surface area contributed by atoms with Crippen molar-refractivity contribution in [3.8, 4) is 23.0 Å². The van der Waals surface area contributed by atoms with Gasteiger partial charge in [-0.1, -0.05) is 29.8 Å². The van der Waals surface area contributed by atoms with Crippen LogP contribution in [0.1, 0.15) is 17.7 Å². The molecule has 0 unspecified atom stereocenters. The quantitative estimate of drug-likeness (QED) is 0.743. The molecule has 0 atom stereocenters. The van der Waals surface area contributed by atoms with Crippen LogP contribution in [-0.4, -0.2) is 38.2 Å². The van der Waals surface area contributed by atoms with E-state index in [1.165, 1.54) is 7.11 Å². The number of methoxy groups -OCH3 is 1. The number of rotatable bonds is 6. The number of carbonyl (C=O) groups is 1. The molecule has 0 bridgehead atoms. The Bertz CT molecular complexity index is 870. The van der Waals surface area contributed by atoms with Gasteiger partial charge in [-0.25, -0.2) is 4.68 Å². The number of carboxylic acids is 1. The number of ether oxygens (including phenoxy) is 1. The fraction of sp³-hybridized carbons (Fsp3) is 0.222. The monoisotopic (exact) mass is 338 g/mol. The molecule has 7 nitrogen and oxygen atoms in total. The second-order valence-corrected chi connectivity index (χ2v) is 5.63. The largest absolute Gasteiger partial charge is 0.481 e. The Morgan fingerprint density at radius 1 is 1.16 bits per heavy atom. The molecule has 3 aromatic rings. The third kappa shape index (κ3) is 3.82. The molecule has 0 saturated carbocycles. The molecule has 25 heavy (non-hydrogen) atoms. The molecule has 0 spiro atoms. The Hall–Kier alpha value is -3.22. The van der Waals surface area contributed by atoms with Crippen LogP contribution < -0.4 is 4.74 Å². The summed E-state index contributed by atoms with van der Waals surface area (Å²) in [4.78, 5) is 10.8. The van der Waals surface area contributed by atoms with Gasteiger partial charge in [0.05, 0.1) is 24.9 Å². The fourth-order valence-corrected chi connectivity index (χ4v) is 2.43. The summed E-state index contributed by atoms with van der Waals surface area (Å²) >= 11 is 0. The average Bonchev–Trinajstić information content (AvgIpc) is 3.05. The Morgan fingerprint density at radius 2 is 1.92 bits per heavy atom. The molecule has 3 rings (SSSR count). The van der Waals surface area contributed by atoms with Crippen LogP contribution in [0.5, 0.6) is 5.88 Å². The van der Waals surface area contributed by atoms with Crippen LogP contribution in [-0.2, 0) is 11.2 Å². The molecule has 0 aliphatic rings. The molecule has 0 amide bonds. The summed E-state index contributed by atoms with van der Waals surface area (Å²) in [6.45, 7) is 2.02. The Balaban J connectivity index is 2.03. The van der Waals surface area contributed by atoms with Crippen molar-refractivity contribution in [2.24, 2.45) is 0 Å². The number of aromatic nitrogens is 4. The van der Waals surface area contributed by atoms with E-state index in [4.69, 9.17) is 9.84 Å². The van der Waals surface area contributed by atoms with Gasteiger partial charge in [-0.3, -0.25) is 4.79 Å². The molecule has 0 aliphatic heterocycles. The van der Waals surface area contributed by atoms with Crippen molar-refractivity contribution in [2.75, 3.05) is 7.11 Å². The minimum absolute atomic E-state index is 0.0264. The SMILES string of the molecule is COc1ccc(-n2nc(CCC(=O)O)cc2-c2ccc(C)cc2)nn1. The number of nitrogens with zero attached hydrogens (tertiary/aromatic N) is 4. The van der Waals surface area contributed by atoms with Crippen molar-refractivity contribution >= 4 is 5.97 Å². The van der Waals surface area contributed by atoms with Crippen molar-refractivity contribution in [1.29, 1.82) is 0 Å². The van der Waals surface area contributed by atoms with Crippen molar-refractivity contribution in [3.05, 3.63) is 53.7 Å². The predicted octanol–water partition coefficient (Wildman–Crippen LogP) is 2.66. The molecule has 2 aromatic heterocycles. The molecular weight excluding hydrogens is 320 g/mol. The average molecular weight is 338 g/mol. The first-order valence-corrected chi connectivity index (χ1v) is 7.82. The van der Waals surface area contributed by atoms with Gasteiger partial charge in [0, 0.05) is 18.1 Å². The topological polar surface area (TPSA) is 90.1 Å². The van der Waals surface area contributed by atoms with E-state index in [2.05, 4.69) is 15.3 Å². The maximum absolute atomic E-state index is 10.8. The summed E-state index contributed by atoms with van der Waals surface area (Å²) < 4.78 is 6.71. The van der Waals surface area contributed by atoms with Crippen LogP contribution in [0.15, 0.2) is 42.5 Å². The molecule has 128 valence electrons. The van der Waals surface area contributed by atoms with Crippen molar-refractivity contribution in [3.63, 3.8) is 0 Å². The smallest absolute Gasteiger partial charge is 0.303 e. The Labute approximate surface area is 144 Å². The summed E-state index contributed by atoms with van der Waals surface area (Å²) in [5, 5.41) is 21.5. The normalized spacial score (nSPS) is 10.6. The molecule has 1 N–H and O–H groups in total. The number of carboxylic acid groups (broad SMARTS) is 1. The summed E-state index contributed by atoms with van der Waals surface area (Å²) in [7, 11) is 1.53. The van der Waals surface area contributed by atoms with Crippen LogP contribution >= 0.6 is 0 Å². The van der Waals surface area contributed by atoms with Gasteiger partial charge in [-0.2, -0.15) is 5.10 Å². The lowest BCUT2D eigenvalue weighted by Crippen LogP contribution is -2.05. The van der Waals surface area contributed by atoms with Gasteiger partial charge in [0.15, 0.2) is 5.82 Å². The molecule has 0 fully saturated rings. The van der Waals surface area contributed by atoms with Gasteiger partial charge in [0.25, 0.3) is 0 Å². The highest BCUT2D eigenvalue weighted by Gasteiger charge is 2.14. The summed E-state index contributed by atoms with van der Waals surface area (Å²) in [5.74, 6) is 0.104. The maximum atomic E-state index is 10.8. The molecule has 0 radical (unpaired) electrons. The van der Waals surface area contributed by atoms with Crippen LogP contribution in [0, 0.1) is 6.92 Å². The van der Waals surface area contributed by atoms with Crippen molar-refractivity contribution in [1.82, 2.24) is 20.0 Å². The maximum Gasteiger partial charge on any atom is 0.303 e. The fourth-order valence-electron chi connectivity index (χ4n) is 2.43. The first-order valence-electron chi connectivity index (χ1n) is 7.82. The number of hydrogen-bond donors (Lipinski definition) is 1. The van der Waals surface area contributed by atoms with Gasteiger partial charge >= 0.3 is 5.97 Å². The van der Waals surface area contributed by atoms with E-state index < -0.39 is 5.97 Å². The first kappa shape index (κ1) is 16.6. The lowest BCUT2D eigenvalue weighted by Gasteiger charge is -2.07. The summed E-state index contributed by atoms with van der Waals surface area (Å²) in [6.07, 6.45) is 0.378. The van der Waals surface area contributed by atoms with E-state index in [1.54, 1.807) is 16.8 Å². The van der Waals surface area contributed by atoms with Crippen molar-refractivity contribution in [2.45, 2.75) is 19.8 Å². The zero-order valence-corrected chi connectivity index (χ0v) is 14.0. The summed E-state index contributed by atoms with van der Waals surface area (Å²) in [5.41, 5.74) is 3.65. The van der Waals surface area contributed by atoms with E-state index >= 15 is 0 Å². The number of aliphatic carboxylic acids is 1. The molecule has 0 saturated heterocycles. The van der Waals surface area contributed by atoms with Crippen LogP contribution in [0.3, 0.4) is 0 Å². The second-order valence-electron chi connectivity index (χ2n) is 5.63. The number of benzene rings is 1. The first-order chi connectivity index (χ1) is 12.1. The number of aryl methyl sites for hydroxylation is 2. The van der Waals surface area contributed by atoms with E-state index in [0.29, 0.717) is 23.8 Å². The van der Waals surface area contributed by atoms with E-state index in [-0.39, 0.29) is 6.42 Å². The third-order valence-corrected chi connectivity index (χ3v) is 3.75. The molecular formula is C18H18N4O3. The van der Waals surface area contributed by atoms with Crippen LogP contribution in [0.4, 0.5) is 0 Å². The second kappa shape index (κ2) is 7.12. The highest BCUT2D eigenvalue weighted by Crippen LogP contribution is 2.24. The molecule has 1 aromatic carbocycles. The molecule has 7 heteroatoms. The van der Waals surface area contributed by atoms with Gasteiger partial charge in [-0.15, -0.1) is 10.2 Å². The van der Waals surface area contributed by atoms with Gasteiger partial charge in [0.1, 0.15) is 0 Å². The standard InChI is InChI=1S/C18H18N4O3/c1-12-3-5-13(6-4-12)15-11-14(7-10-18(23)24)21-22(15)16-8-9-17(25-2)20-19-16/h3-6,8-9,11H,7,10H2,1-2H3,(H,23,24). The van der Waals surface area contributed by atoms with Gasteiger partial charge in [-0.05, 0) is 19.1 Å². The van der Waals surface area contributed by atoms with Crippen molar-refractivity contribution < 1.29 is 14.6 Å². The van der Waals surface area contributed by atoms with E-state index in [1.807, 2.05) is 37.3 Å². The van der Waals surface area contributed by atoms with Crippen LogP contribution in [0.25, 0.3) is 17.1 Å². The Morgan fingerprint density at radius 3 is 2.52 bits per heavy atom. The van der Waals surface area contributed by atoms with E-state index in [9.17, 15) is 4.79 Å². The molecule has 2 heterocycles. The minimum Gasteiger partial charge on any atom is -0.481 e. The number of hydrogen-bond acceptors (Lipinski definition) is 5. The highest BCUT2D eigenvalue weighted by atomic mass is 16.5. The Kier molecular flexibility index (Phi) is 4.74. The van der Waals surface area contributed by atoms with Gasteiger partial charge in [0.2, 0.25) is 5.88 Å². The third-order valence-electron chi connectivity index (χ3n) is 3.75. The lowest BCUT2D eigenvalue weighted by molar-refractivity contribution is -0.136. The van der Waals surface area contributed by atoms with Gasteiger partial charge < -0.3 is 9.84 Å². The lowest BCUT2D eigenvalue weighted by atomic mass is 10.1. The highest BCUT2D eigenvalue weighted by molar-refractivity contribution is 5.67. The van der Waals surface area contributed by atoms with Crippen LogP contribution in [0.2, 0.25) is 0 Å². The minimum atomic E-state index is -0.851. The molecule has 0 aliphatic carbocycles.